The van der Waals surface area contributed by atoms with Gasteiger partial charge in [-0.2, -0.15) is 11.3 Å². The minimum Gasteiger partial charge on any atom is -0.465 e. The number of carbonyl (C=O) groups is 3. The number of hydrogen-bond acceptors (Lipinski definition) is 7. The Balaban J connectivity index is 1.65. The second-order valence-electron chi connectivity index (χ2n) is 8.97. The van der Waals surface area contributed by atoms with Gasteiger partial charge in [0.1, 0.15) is 0 Å². The smallest absolute Gasteiger partial charge is 0.337 e. The lowest BCUT2D eigenvalue weighted by atomic mass is 10.00. The summed E-state index contributed by atoms with van der Waals surface area (Å²) in [5.74, 6) is -0.732. The largest absolute Gasteiger partial charge is 0.465 e. The van der Waals surface area contributed by atoms with Crippen molar-refractivity contribution in [2.24, 2.45) is 0 Å². The van der Waals surface area contributed by atoms with Crippen molar-refractivity contribution < 1.29 is 19.1 Å². The number of thiophene rings is 1. The van der Waals surface area contributed by atoms with Gasteiger partial charge in [0.15, 0.2) is 0 Å². The number of methoxy groups -OCH3 is 1. The van der Waals surface area contributed by atoms with Crippen LogP contribution in [-0.2, 0) is 14.3 Å². The molecular weight excluding hydrogens is 488 g/mol. The van der Waals surface area contributed by atoms with E-state index in [1.807, 2.05) is 55.2 Å². The molecule has 0 radical (unpaired) electrons. The summed E-state index contributed by atoms with van der Waals surface area (Å²) < 4.78 is 4.81. The fraction of sp³-hybridized carbons (Fsp3) is 0.250. The molecular formula is C28H30N4O4S. The number of amides is 2. The number of nitrogens with zero attached hydrogens (tertiary/aromatic N) is 2. The van der Waals surface area contributed by atoms with Crippen LogP contribution >= 0.6 is 11.3 Å². The predicted molar refractivity (Wildman–Crippen MR) is 149 cm³/mol. The summed E-state index contributed by atoms with van der Waals surface area (Å²) in [6.07, 6.45) is 0.868. The van der Waals surface area contributed by atoms with E-state index in [2.05, 4.69) is 15.5 Å². The first-order valence-corrected chi connectivity index (χ1v) is 12.8. The van der Waals surface area contributed by atoms with Crippen molar-refractivity contribution in [1.82, 2.24) is 4.90 Å². The number of nitrogens with one attached hydrogen (secondary N) is 2. The van der Waals surface area contributed by atoms with Gasteiger partial charge >= 0.3 is 5.97 Å². The lowest BCUT2D eigenvalue weighted by molar-refractivity contribution is -0.116. The third-order valence-corrected chi connectivity index (χ3v) is 6.74. The number of fused-ring (bicyclic) bond motifs is 1. The summed E-state index contributed by atoms with van der Waals surface area (Å²) in [5.41, 5.74) is 5.24. The van der Waals surface area contributed by atoms with Gasteiger partial charge < -0.3 is 25.2 Å². The molecule has 0 fully saturated rings. The Morgan fingerprint density at radius 2 is 1.78 bits per heavy atom. The second-order valence-corrected chi connectivity index (χ2v) is 9.75. The highest BCUT2D eigenvalue weighted by molar-refractivity contribution is 7.08. The van der Waals surface area contributed by atoms with Crippen molar-refractivity contribution in [1.29, 1.82) is 0 Å². The fourth-order valence-corrected chi connectivity index (χ4v) is 4.88. The first-order valence-electron chi connectivity index (χ1n) is 11.9. The van der Waals surface area contributed by atoms with Gasteiger partial charge in [0.2, 0.25) is 5.91 Å². The maximum Gasteiger partial charge on any atom is 0.337 e. The van der Waals surface area contributed by atoms with Gasteiger partial charge in [0, 0.05) is 41.4 Å². The number of esters is 1. The van der Waals surface area contributed by atoms with Crippen LogP contribution in [0, 0.1) is 0 Å². The van der Waals surface area contributed by atoms with E-state index in [4.69, 9.17) is 4.74 Å². The van der Waals surface area contributed by atoms with Crippen LogP contribution in [0.1, 0.15) is 34.8 Å². The van der Waals surface area contributed by atoms with Gasteiger partial charge in [-0.05, 0) is 74.9 Å². The molecule has 1 aliphatic heterocycles. The van der Waals surface area contributed by atoms with E-state index in [1.165, 1.54) is 18.4 Å². The summed E-state index contributed by atoms with van der Waals surface area (Å²) in [6, 6.07) is 14.6. The summed E-state index contributed by atoms with van der Waals surface area (Å²) in [7, 11) is 5.35. The molecule has 2 heterocycles. The van der Waals surface area contributed by atoms with Crippen LogP contribution in [0.2, 0.25) is 0 Å². The van der Waals surface area contributed by atoms with E-state index >= 15 is 0 Å². The maximum atomic E-state index is 13.1. The number of hydrogen-bond donors (Lipinski definition) is 2. The second kappa shape index (κ2) is 11.4. The molecule has 2 amide bonds. The predicted octanol–water partition coefficient (Wildman–Crippen LogP) is 4.77. The average molecular weight is 519 g/mol. The van der Waals surface area contributed by atoms with Gasteiger partial charge in [-0.25, -0.2) is 4.79 Å². The van der Waals surface area contributed by atoms with Crippen LogP contribution in [0.4, 0.5) is 17.1 Å². The molecule has 1 aromatic heterocycles. The lowest BCUT2D eigenvalue weighted by Crippen LogP contribution is -2.31. The molecule has 0 saturated carbocycles. The zero-order valence-electron chi connectivity index (χ0n) is 21.3. The lowest BCUT2D eigenvalue weighted by Gasteiger charge is -2.23. The van der Waals surface area contributed by atoms with E-state index in [0.717, 1.165) is 29.9 Å². The highest BCUT2D eigenvalue weighted by Gasteiger charge is 2.29. The monoisotopic (exact) mass is 518 g/mol. The van der Waals surface area contributed by atoms with Crippen LogP contribution in [0.15, 0.2) is 59.3 Å². The molecule has 1 aliphatic rings. The Morgan fingerprint density at radius 3 is 2.41 bits per heavy atom. The van der Waals surface area contributed by atoms with E-state index in [-0.39, 0.29) is 11.8 Å². The SMILES string of the molecule is COC(=O)c1ccc2c(c1)NC(=O)C2=C(Nc1ccc(N(CCCN(C)C)C(C)=O)cc1)c1ccsc1. The zero-order chi connectivity index (χ0) is 26.5. The Hall–Kier alpha value is -3.95. The zero-order valence-corrected chi connectivity index (χ0v) is 22.1. The van der Waals surface area contributed by atoms with Crippen LogP contribution in [0.25, 0.3) is 11.3 Å². The molecule has 0 saturated heterocycles. The number of anilines is 3. The minimum absolute atomic E-state index is 0.00824. The summed E-state index contributed by atoms with van der Waals surface area (Å²) in [4.78, 5) is 41.2. The van der Waals surface area contributed by atoms with Gasteiger partial charge in [0.25, 0.3) is 5.91 Å². The third kappa shape index (κ3) is 5.90. The van der Waals surface area contributed by atoms with Crippen molar-refractivity contribution in [3.63, 3.8) is 0 Å². The first-order chi connectivity index (χ1) is 17.8. The highest BCUT2D eigenvalue weighted by atomic mass is 32.1. The average Bonchev–Trinajstić information content (AvgIpc) is 3.52. The van der Waals surface area contributed by atoms with Crippen molar-refractivity contribution in [3.8, 4) is 0 Å². The molecule has 0 atom stereocenters. The molecule has 8 nitrogen and oxygen atoms in total. The van der Waals surface area contributed by atoms with Gasteiger partial charge in [-0.3, -0.25) is 9.59 Å². The summed E-state index contributed by atoms with van der Waals surface area (Å²) >= 11 is 1.53. The molecule has 192 valence electrons. The van der Waals surface area contributed by atoms with E-state index < -0.39 is 5.97 Å². The Kier molecular flexibility index (Phi) is 8.05. The van der Waals surface area contributed by atoms with E-state index in [9.17, 15) is 14.4 Å². The molecule has 4 rings (SSSR count). The van der Waals surface area contributed by atoms with Crippen LogP contribution in [-0.4, -0.2) is 57.0 Å². The Morgan fingerprint density at radius 1 is 1.03 bits per heavy atom. The van der Waals surface area contributed by atoms with Crippen molar-refractivity contribution >= 4 is 57.5 Å². The minimum atomic E-state index is -0.466. The first kappa shape index (κ1) is 26.1. The maximum absolute atomic E-state index is 13.1. The van der Waals surface area contributed by atoms with Crippen molar-refractivity contribution in [2.75, 3.05) is 49.8 Å². The van der Waals surface area contributed by atoms with E-state index in [0.29, 0.717) is 34.6 Å². The van der Waals surface area contributed by atoms with Gasteiger partial charge in [-0.1, -0.05) is 6.07 Å². The Bertz CT molecular complexity index is 1330. The number of carbonyl (C=O) groups excluding carboxylic acids is 3. The quantitative estimate of drug-likeness (QED) is 0.313. The number of ether oxygens (including phenoxy) is 1. The topological polar surface area (TPSA) is 91.0 Å². The summed E-state index contributed by atoms with van der Waals surface area (Å²) in [5, 5.41) is 10.2. The normalized spacial score (nSPS) is 13.7. The number of benzene rings is 2. The number of rotatable bonds is 9. The fourth-order valence-electron chi connectivity index (χ4n) is 4.23. The van der Waals surface area contributed by atoms with Gasteiger partial charge in [-0.15, -0.1) is 0 Å². The Labute approximate surface area is 220 Å². The summed E-state index contributed by atoms with van der Waals surface area (Å²) in [6.45, 7) is 3.10. The van der Waals surface area contributed by atoms with Crippen LogP contribution < -0.4 is 15.5 Å². The standard InChI is InChI=1S/C28H30N4O4S/c1-18(33)32(14-5-13-31(2)3)22-9-7-21(8-10-22)29-26(20-12-15-37-17-20)25-23-11-6-19(28(35)36-4)16-24(23)30-27(25)34/h6-12,15-17,29H,5,13-14H2,1-4H3,(H,30,34). The highest BCUT2D eigenvalue weighted by Crippen LogP contribution is 2.38. The van der Waals surface area contributed by atoms with Crippen LogP contribution in [0.3, 0.4) is 0 Å². The molecule has 0 unspecified atom stereocenters. The molecule has 2 N–H and O–H groups in total. The third-order valence-electron chi connectivity index (χ3n) is 6.06. The molecule has 2 aromatic carbocycles. The molecule has 0 spiro atoms. The molecule has 0 aliphatic carbocycles. The van der Waals surface area contributed by atoms with Crippen LogP contribution in [0.5, 0.6) is 0 Å². The molecule has 3 aromatic rings. The van der Waals surface area contributed by atoms with Gasteiger partial charge in [0.05, 0.1) is 29.6 Å². The van der Waals surface area contributed by atoms with Crippen molar-refractivity contribution in [2.45, 2.75) is 13.3 Å². The molecule has 9 heteroatoms. The molecule has 37 heavy (non-hydrogen) atoms. The molecule has 0 bridgehead atoms. The van der Waals surface area contributed by atoms with Crippen molar-refractivity contribution in [3.05, 3.63) is 76.0 Å². The van der Waals surface area contributed by atoms with E-state index in [1.54, 1.807) is 30.0 Å².